The number of tetrazole rings is 1. The van der Waals surface area contributed by atoms with E-state index in [-0.39, 0.29) is 12.4 Å². The highest BCUT2D eigenvalue weighted by Crippen LogP contribution is 2.24. The summed E-state index contributed by atoms with van der Waals surface area (Å²) in [7, 11) is 0. The number of carboxylic acids is 1. The van der Waals surface area contributed by atoms with Crippen LogP contribution in [-0.2, 0) is 17.8 Å². The van der Waals surface area contributed by atoms with Crippen molar-refractivity contribution in [2.24, 2.45) is 5.41 Å². The molecule has 2 rings (SSSR count). The summed E-state index contributed by atoms with van der Waals surface area (Å²) in [6.07, 6.45) is 0.894. The molecule has 0 spiro atoms. The molecule has 0 bridgehead atoms. The molecule has 0 aliphatic rings. The number of carbonyl (C=O) groups is 1. The van der Waals surface area contributed by atoms with Crippen molar-refractivity contribution in [2.45, 2.75) is 33.2 Å². The minimum absolute atomic E-state index is 0.197. The molecule has 0 fully saturated rings. The summed E-state index contributed by atoms with van der Waals surface area (Å²) in [5.41, 5.74) is -0.0617. The summed E-state index contributed by atoms with van der Waals surface area (Å²) in [5, 5.41) is 20.7. The van der Waals surface area contributed by atoms with Gasteiger partial charge in [0.2, 0.25) is 0 Å². The maximum absolute atomic E-state index is 12.9. The van der Waals surface area contributed by atoms with Crippen LogP contribution >= 0.6 is 0 Å². The summed E-state index contributed by atoms with van der Waals surface area (Å²) >= 11 is 0. The molecule has 1 heterocycles. The van der Waals surface area contributed by atoms with E-state index in [1.807, 2.05) is 6.92 Å². The zero-order valence-electron chi connectivity index (χ0n) is 12.0. The van der Waals surface area contributed by atoms with E-state index in [0.717, 1.165) is 5.56 Å². The molecule has 112 valence electrons. The van der Waals surface area contributed by atoms with Crippen LogP contribution in [0.25, 0.3) is 0 Å². The van der Waals surface area contributed by atoms with Crippen molar-refractivity contribution in [3.8, 4) is 0 Å². The Labute approximate surface area is 121 Å². The summed E-state index contributed by atoms with van der Waals surface area (Å²) in [6.45, 7) is 3.68. The quantitative estimate of drug-likeness (QED) is 0.879. The number of aliphatic carboxylic acids is 1. The number of rotatable bonds is 6. The van der Waals surface area contributed by atoms with Gasteiger partial charge < -0.3 is 5.11 Å². The Kier molecular flexibility index (Phi) is 4.30. The van der Waals surface area contributed by atoms with Crippen molar-refractivity contribution >= 4 is 5.97 Å². The molecule has 6 nitrogen and oxygen atoms in total. The van der Waals surface area contributed by atoms with Gasteiger partial charge in [-0.05, 0) is 41.5 Å². The number of hydrogen-bond acceptors (Lipinski definition) is 4. The van der Waals surface area contributed by atoms with Crippen LogP contribution in [0.15, 0.2) is 24.3 Å². The molecule has 0 radical (unpaired) electrons. The molecule has 0 aliphatic heterocycles. The first-order valence-corrected chi connectivity index (χ1v) is 6.67. The largest absolute Gasteiger partial charge is 0.481 e. The van der Waals surface area contributed by atoms with Crippen LogP contribution in [0.3, 0.4) is 0 Å². The van der Waals surface area contributed by atoms with Crippen LogP contribution in [0, 0.1) is 11.2 Å². The SMILES string of the molecule is CCC(C)(Cn1nnnc1Cc1ccc(F)cc1)C(=O)O. The Bertz CT molecular complexity index is 626. The van der Waals surface area contributed by atoms with E-state index in [0.29, 0.717) is 18.7 Å². The van der Waals surface area contributed by atoms with E-state index in [4.69, 9.17) is 0 Å². The molecule has 0 saturated carbocycles. The molecular weight excluding hydrogens is 275 g/mol. The van der Waals surface area contributed by atoms with E-state index in [1.54, 1.807) is 19.1 Å². The van der Waals surface area contributed by atoms with Crippen molar-refractivity contribution in [2.75, 3.05) is 0 Å². The molecule has 0 saturated heterocycles. The van der Waals surface area contributed by atoms with Crippen molar-refractivity contribution in [1.82, 2.24) is 20.2 Å². The third-order valence-corrected chi connectivity index (χ3v) is 3.68. The maximum Gasteiger partial charge on any atom is 0.311 e. The Morgan fingerprint density at radius 1 is 1.38 bits per heavy atom. The van der Waals surface area contributed by atoms with Gasteiger partial charge in [0.1, 0.15) is 5.82 Å². The number of halogens is 1. The fraction of sp³-hybridized carbons (Fsp3) is 0.429. The highest BCUT2D eigenvalue weighted by atomic mass is 19.1. The van der Waals surface area contributed by atoms with E-state index < -0.39 is 11.4 Å². The third-order valence-electron chi connectivity index (χ3n) is 3.68. The van der Waals surface area contributed by atoms with Crippen molar-refractivity contribution in [3.05, 3.63) is 41.5 Å². The van der Waals surface area contributed by atoms with Gasteiger partial charge in [-0.2, -0.15) is 0 Å². The molecule has 1 atom stereocenters. The monoisotopic (exact) mass is 292 g/mol. The van der Waals surface area contributed by atoms with Crippen LogP contribution in [0.1, 0.15) is 31.7 Å². The van der Waals surface area contributed by atoms with Gasteiger partial charge in [-0.25, -0.2) is 9.07 Å². The maximum atomic E-state index is 12.9. The van der Waals surface area contributed by atoms with E-state index in [2.05, 4.69) is 15.5 Å². The summed E-state index contributed by atoms with van der Waals surface area (Å²) in [5.74, 6) is -0.626. The van der Waals surface area contributed by atoms with Gasteiger partial charge in [0.25, 0.3) is 0 Å². The highest BCUT2D eigenvalue weighted by Gasteiger charge is 2.33. The summed E-state index contributed by atoms with van der Waals surface area (Å²) in [4.78, 5) is 11.4. The van der Waals surface area contributed by atoms with Crippen LogP contribution in [0.5, 0.6) is 0 Å². The fourth-order valence-electron chi connectivity index (χ4n) is 1.92. The molecule has 1 N–H and O–H groups in total. The minimum Gasteiger partial charge on any atom is -0.481 e. The molecule has 0 aliphatic carbocycles. The zero-order chi connectivity index (χ0) is 15.5. The molecule has 21 heavy (non-hydrogen) atoms. The van der Waals surface area contributed by atoms with E-state index in [9.17, 15) is 14.3 Å². The Morgan fingerprint density at radius 2 is 2.05 bits per heavy atom. The molecule has 2 aromatic rings. The van der Waals surface area contributed by atoms with Gasteiger partial charge in [0.05, 0.1) is 12.0 Å². The average molecular weight is 292 g/mol. The smallest absolute Gasteiger partial charge is 0.311 e. The van der Waals surface area contributed by atoms with Gasteiger partial charge in [0, 0.05) is 6.42 Å². The van der Waals surface area contributed by atoms with E-state index >= 15 is 0 Å². The van der Waals surface area contributed by atoms with Gasteiger partial charge in [-0.15, -0.1) is 5.10 Å². The second kappa shape index (κ2) is 5.99. The topological polar surface area (TPSA) is 80.9 Å². The lowest BCUT2D eigenvalue weighted by molar-refractivity contribution is -0.149. The third kappa shape index (κ3) is 3.42. The normalized spacial score (nSPS) is 13.9. The highest BCUT2D eigenvalue weighted by molar-refractivity contribution is 5.73. The lowest BCUT2D eigenvalue weighted by Crippen LogP contribution is -2.33. The zero-order valence-corrected chi connectivity index (χ0v) is 12.0. The van der Waals surface area contributed by atoms with Crippen molar-refractivity contribution < 1.29 is 14.3 Å². The first-order valence-electron chi connectivity index (χ1n) is 6.67. The predicted molar refractivity (Wildman–Crippen MR) is 73.1 cm³/mol. The van der Waals surface area contributed by atoms with Gasteiger partial charge in [-0.1, -0.05) is 19.1 Å². The first-order chi connectivity index (χ1) is 9.94. The molecular formula is C14H17FN4O2. The molecule has 1 aromatic carbocycles. The number of benzene rings is 1. The predicted octanol–water partition coefficient (Wildman–Crippen LogP) is 1.90. The lowest BCUT2D eigenvalue weighted by Gasteiger charge is -2.22. The Balaban J connectivity index is 2.19. The van der Waals surface area contributed by atoms with Crippen molar-refractivity contribution in [3.63, 3.8) is 0 Å². The summed E-state index contributed by atoms with van der Waals surface area (Å²) in [6, 6.07) is 6.06. The average Bonchev–Trinajstić information content (AvgIpc) is 2.88. The van der Waals surface area contributed by atoms with Crippen molar-refractivity contribution in [1.29, 1.82) is 0 Å². The van der Waals surface area contributed by atoms with Crippen LogP contribution < -0.4 is 0 Å². The molecule has 7 heteroatoms. The molecule has 1 aromatic heterocycles. The standard InChI is InChI=1S/C14H17FN4O2/c1-3-14(2,13(20)21)9-19-12(16-17-18-19)8-10-4-6-11(15)7-5-10/h4-7H,3,8-9H2,1-2H3,(H,20,21). The van der Waals surface area contributed by atoms with Crippen LogP contribution in [-0.4, -0.2) is 31.3 Å². The Hall–Kier alpha value is -2.31. The number of hydrogen-bond donors (Lipinski definition) is 1. The van der Waals surface area contributed by atoms with Gasteiger partial charge in [0.15, 0.2) is 5.82 Å². The van der Waals surface area contributed by atoms with Crippen LogP contribution in [0.2, 0.25) is 0 Å². The molecule has 1 unspecified atom stereocenters. The number of carboxylic acid groups (broad SMARTS) is 1. The van der Waals surface area contributed by atoms with Gasteiger partial charge >= 0.3 is 5.97 Å². The van der Waals surface area contributed by atoms with Gasteiger partial charge in [-0.3, -0.25) is 4.79 Å². The van der Waals surface area contributed by atoms with E-state index in [1.165, 1.54) is 16.8 Å². The summed E-state index contributed by atoms with van der Waals surface area (Å²) < 4.78 is 14.4. The Morgan fingerprint density at radius 3 is 2.62 bits per heavy atom. The number of aromatic nitrogens is 4. The lowest BCUT2D eigenvalue weighted by atomic mass is 9.88. The second-order valence-electron chi connectivity index (χ2n) is 5.28. The van der Waals surface area contributed by atoms with Crippen LogP contribution in [0.4, 0.5) is 4.39 Å². The minimum atomic E-state index is -0.924. The second-order valence-corrected chi connectivity index (χ2v) is 5.28. The molecule has 0 amide bonds. The first kappa shape index (κ1) is 15.1. The fourth-order valence-corrected chi connectivity index (χ4v) is 1.92. The number of nitrogens with zero attached hydrogens (tertiary/aromatic N) is 4.